The Morgan fingerprint density at radius 3 is 2.33 bits per heavy atom. The molecule has 0 saturated heterocycles. The van der Waals surface area contributed by atoms with Crippen molar-refractivity contribution in [3.8, 4) is 0 Å². The zero-order valence-corrected chi connectivity index (χ0v) is 8.60. The third-order valence-corrected chi connectivity index (χ3v) is 2.91. The molecule has 1 nitrogen and oxygen atoms in total. The first-order valence-electron chi connectivity index (χ1n) is 4.41. The Bertz CT molecular complexity index is 433. The van der Waals surface area contributed by atoms with E-state index in [1.807, 2.05) is 5.38 Å². The van der Waals surface area contributed by atoms with Gasteiger partial charge in [-0.05, 0) is 34.5 Å². The van der Waals surface area contributed by atoms with E-state index >= 15 is 0 Å². The summed E-state index contributed by atoms with van der Waals surface area (Å²) in [7, 11) is 0. The second-order valence-electron chi connectivity index (χ2n) is 3.17. The maximum atomic E-state index is 13.4. The summed E-state index contributed by atoms with van der Waals surface area (Å²) in [5.41, 5.74) is 6.44. The molecule has 15 heavy (non-hydrogen) atoms. The van der Waals surface area contributed by atoms with Gasteiger partial charge in [-0.3, -0.25) is 0 Å². The Morgan fingerprint density at radius 2 is 1.80 bits per heavy atom. The van der Waals surface area contributed by atoms with Crippen molar-refractivity contribution in [1.29, 1.82) is 0 Å². The minimum atomic E-state index is -0.738. The minimum Gasteiger partial charge on any atom is -0.320 e. The van der Waals surface area contributed by atoms with Crippen molar-refractivity contribution in [3.05, 3.63) is 57.8 Å². The lowest BCUT2D eigenvalue weighted by Crippen LogP contribution is -2.14. The second-order valence-corrected chi connectivity index (χ2v) is 3.95. The van der Waals surface area contributed by atoms with Gasteiger partial charge in [-0.15, -0.1) is 0 Å². The highest BCUT2D eigenvalue weighted by atomic mass is 32.1. The van der Waals surface area contributed by atoms with Crippen LogP contribution in [-0.2, 0) is 0 Å². The van der Waals surface area contributed by atoms with Gasteiger partial charge in [0, 0.05) is 5.56 Å². The second kappa shape index (κ2) is 4.08. The van der Waals surface area contributed by atoms with Crippen LogP contribution in [0.3, 0.4) is 0 Å². The number of hydrogen-bond acceptors (Lipinski definition) is 2. The molecule has 1 aromatic heterocycles. The van der Waals surface area contributed by atoms with E-state index in [0.717, 1.165) is 5.56 Å². The topological polar surface area (TPSA) is 26.0 Å². The third kappa shape index (κ3) is 1.91. The van der Waals surface area contributed by atoms with E-state index in [-0.39, 0.29) is 5.56 Å². The highest BCUT2D eigenvalue weighted by Crippen LogP contribution is 2.25. The molecule has 0 amide bonds. The Labute approximate surface area is 90.2 Å². The van der Waals surface area contributed by atoms with Gasteiger partial charge in [-0.2, -0.15) is 11.3 Å². The molecule has 0 bridgehead atoms. The van der Waals surface area contributed by atoms with Crippen LogP contribution in [0.2, 0.25) is 0 Å². The standard InChI is InChI=1S/C11H9F2NS/c12-8-2-1-3-9(13)10(8)11(14)7-4-5-15-6-7/h1-6,11H,14H2/t11-/m1/s1. The first-order chi connectivity index (χ1) is 7.20. The molecular weight excluding hydrogens is 216 g/mol. The Balaban J connectivity index is 2.46. The normalized spacial score (nSPS) is 12.7. The summed E-state index contributed by atoms with van der Waals surface area (Å²) in [5.74, 6) is -1.21. The number of rotatable bonds is 2. The lowest BCUT2D eigenvalue weighted by atomic mass is 10.0. The van der Waals surface area contributed by atoms with Crippen molar-refractivity contribution in [3.63, 3.8) is 0 Å². The van der Waals surface area contributed by atoms with Crippen LogP contribution in [0.4, 0.5) is 8.78 Å². The molecule has 4 heteroatoms. The fraction of sp³-hybridized carbons (Fsp3) is 0.0909. The van der Waals surface area contributed by atoms with E-state index in [2.05, 4.69) is 0 Å². The molecule has 0 unspecified atom stereocenters. The molecule has 1 heterocycles. The largest absolute Gasteiger partial charge is 0.320 e. The van der Waals surface area contributed by atoms with Crippen molar-refractivity contribution in [2.75, 3.05) is 0 Å². The van der Waals surface area contributed by atoms with Gasteiger partial charge in [0.05, 0.1) is 6.04 Å². The van der Waals surface area contributed by atoms with E-state index < -0.39 is 17.7 Å². The van der Waals surface area contributed by atoms with Gasteiger partial charge in [0.25, 0.3) is 0 Å². The van der Waals surface area contributed by atoms with Gasteiger partial charge in [0.2, 0.25) is 0 Å². The van der Waals surface area contributed by atoms with Crippen molar-refractivity contribution < 1.29 is 8.78 Å². The number of halogens is 2. The smallest absolute Gasteiger partial charge is 0.131 e. The minimum absolute atomic E-state index is 0.0732. The lowest BCUT2D eigenvalue weighted by Gasteiger charge is -2.12. The number of nitrogens with two attached hydrogens (primary N) is 1. The van der Waals surface area contributed by atoms with Gasteiger partial charge in [0.15, 0.2) is 0 Å². The summed E-state index contributed by atoms with van der Waals surface area (Å²) in [6, 6.07) is 4.78. The monoisotopic (exact) mass is 225 g/mol. The van der Waals surface area contributed by atoms with Gasteiger partial charge < -0.3 is 5.73 Å². The molecule has 0 fully saturated rings. The average molecular weight is 225 g/mol. The Kier molecular flexibility index (Phi) is 2.79. The zero-order chi connectivity index (χ0) is 10.8. The predicted octanol–water partition coefficient (Wildman–Crippen LogP) is 3.07. The summed E-state index contributed by atoms with van der Waals surface area (Å²) in [5, 5.41) is 3.62. The van der Waals surface area contributed by atoms with Crippen LogP contribution in [0, 0.1) is 11.6 Å². The molecule has 1 atom stereocenters. The SMILES string of the molecule is N[C@H](c1ccsc1)c1c(F)cccc1F. The molecule has 0 spiro atoms. The van der Waals surface area contributed by atoms with Crippen LogP contribution >= 0.6 is 11.3 Å². The molecule has 0 aliphatic heterocycles. The molecule has 2 N–H and O–H groups in total. The van der Waals surface area contributed by atoms with Crippen molar-refractivity contribution in [1.82, 2.24) is 0 Å². The lowest BCUT2D eigenvalue weighted by molar-refractivity contribution is 0.543. The highest BCUT2D eigenvalue weighted by Gasteiger charge is 2.17. The van der Waals surface area contributed by atoms with Gasteiger partial charge in [-0.25, -0.2) is 8.78 Å². The maximum absolute atomic E-state index is 13.4. The quantitative estimate of drug-likeness (QED) is 0.835. The fourth-order valence-electron chi connectivity index (χ4n) is 1.43. The first-order valence-corrected chi connectivity index (χ1v) is 5.36. The molecule has 0 radical (unpaired) electrons. The van der Waals surface area contributed by atoms with E-state index in [9.17, 15) is 8.78 Å². The van der Waals surface area contributed by atoms with E-state index in [4.69, 9.17) is 5.73 Å². The van der Waals surface area contributed by atoms with E-state index in [0.29, 0.717) is 0 Å². The molecule has 0 aliphatic rings. The van der Waals surface area contributed by atoms with Crippen LogP contribution in [0.25, 0.3) is 0 Å². The van der Waals surface area contributed by atoms with Crippen molar-refractivity contribution >= 4 is 11.3 Å². The van der Waals surface area contributed by atoms with Crippen LogP contribution in [0.1, 0.15) is 17.2 Å². The summed E-state index contributed by atoms with van der Waals surface area (Å²) in [6.45, 7) is 0. The summed E-state index contributed by atoms with van der Waals surface area (Å²) in [6.07, 6.45) is 0. The Hall–Kier alpha value is -1.26. The average Bonchev–Trinajstić information content (AvgIpc) is 2.69. The summed E-state index contributed by atoms with van der Waals surface area (Å²) >= 11 is 1.45. The van der Waals surface area contributed by atoms with Crippen molar-refractivity contribution in [2.24, 2.45) is 5.73 Å². The van der Waals surface area contributed by atoms with Gasteiger partial charge >= 0.3 is 0 Å². The highest BCUT2D eigenvalue weighted by molar-refractivity contribution is 7.08. The Morgan fingerprint density at radius 1 is 1.13 bits per heavy atom. The summed E-state index contributed by atoms with van der Waals surface area (Å²) in [4.78, 5) is 0. The van der Waals surface area contributed by atoms with E-state index in [1.54, 1.807) is 11.4 Å². The van der Waals surface area contributed by atoms with Gasteiger partial charge in [0.1, 0.15) is 11.6 Å². The van der Waals surface area contributed by atoms with Gasteiger partial charge in [-0.1, -0.05) is 6.07 Å². The molecule has 2 aromatic rings. The van der Waals surface area contributed by atoms with Crippen LogP contribution in [0.15, 0.2) is 35.0 Å². The molecule has 1 aromatic carbocycles. The van der Waals surface area contributed by atoms with Crippen LogP contribution < -0.4 is 5.73 Å². The third-order valence-electron chi connectivity index (χ3n) is 2.21. The maximum Gasteiger partial charge on any atom is 0.131 e. The molecule has 0 aliphatic carbocycles. The summed E-state index contributed by atoms with van der Waals surface area (Å²) < 4.78 is 26.8. The fourth-order valence-corrected chi connectivity index (χ4v) is 2.12. The zero-order valence-electron chi connectivity index (χ0n) is 7.78. The molecule has 78 valence electrons. The number of benzene rings is 1. The van der Waals surface area contributed by atoms with Crippen molar-refractivity contribution in [2.45, 2.75) is 6.04 Å². The first kappa shape index (κ1) is 10.3. The molecule has 2 rings (SSSR count). The number of hydrogen-bond donors (Lipinski definition) is 1. The predicted molar refractivity (Wildman–Crippen MR) is 56.7 cm³/mol. The molecule has 0 saturated carbocycles. The number of thiophene rings is 1. The molecular formula is C11H9F2NS. The van der Waals surface area contributed by atoms with Crippen LogP contribution in [-0.4, -0.2) is 0 Å². The van der Waals surface area contributed by atoms with E-state index in [1.165, 1.54) is 29.5 Å². The van der Waals surface area contributed by atoms with Crippen LogP contribution in [0.5, 0.6) is 0 Å².